The fourth-order valence-corrected chi connectivity index (χ4v) is 4.25. The molecule has 0 aromatic rings. The minimum atomic E-state index is -1.84. The zero-order valence-corrected chi connectivity index (χ0v) is 15.5. The first-order valence-corrected chi connectivity index (χ1v) is 10.9. The summed E-state index contributed by atoms with van der Waals surface area (Å²) in [5.41, 5.74) is -1.72. The first-order valence-electron chi connectivity index (χ1n) is 7.99. The maximum atomic E-state index is 12.1. The number of carbonyl (C=O) groups excluding carboxylic acids is 1. The van der Waals surface area contributed by atoms with Gasteiger partial charge in [0.25, 0.3) is 0 Å². The largest absolute Gasteiger partial charge is 0.480 e. The highest BCUT2D eigenvalue weighted by molar-refractivity contribution is 6.74. The highest BCUT2D eigenvalue weighted by Gasteiger charge is 2.87. The van der Waals surface area contributed by atoms with E-state index < -0.39 is 31.1 Å². The topological polar surface area (TPSA) is 72.8 Å². The number of aliphatic carboxylic acids is 1. The van der Waals surface area contributed by atoms with Crippen molar-refractivity contribution < 1.29 is 23.9 Å². The molecule has 126 valence electrons. The lowest BCUT2D eigenvalue weighted by Gasteiger charge is -2.36. The summed E-state index contributed by atoms with van der Waals surface area (Å²) in [4.78, 5) is 23.7. The van der Waals surface area contributed by atoms with E-state index in [4.69, 9.17) is 9.16 Å². The fraction of sp³-hybridized carbons (Fsp3) is 0.875. The first-order chi connectivity index (χ1) is 9.94. The van der Waals surface area contributed by atoms with Gasteiger partial charge in [-0.25, -0.2) is 0 Å². The van der Waals surface area contributed by atoms with Gasteiger partial charge in [0, 0.05) is 12.0 Å². The van der Waals surface area contributed by atoms with E-state index in [1.165, 1.54) is 0 Å². The summed E-state index contributed by atoms with van der Waals surface area (Å²) in [5.74, 6) is -1.44. The number of ether oxygens (including phenoxy) is 1. The molecule has 0 aromatic carbocycles. The van der Waals surface area contributed by atoms with Crippen LogP contribution in [-0.4, -0.2) is 38.6 Å². The predicted molar refractivity (Wildman–Crippen MR) is 85.0 cm³/mol. The summed E-state index contributed by atoms with van der Waals surface area (Å²) in [5, 5.41) is 9.65. The van der Waals surface area contributed by atoms with E-state index in [1.807, 2.05) is 0 Å². The molecule has 5 nitrogen and oxygen atoms in total. The van der Waals surface area contributed by atoms with Crippen molar-refractivity contribution in [1.29, 1.82) is 0 Å². The third-order valence-electron chi connectivity index (χ3n) is 5.98. The van der Waals surface area contributed by atoms with Crippen molar-refractivity contribution in [1.82, 2.24) is 0 Å². The van der Waals surface area contributed by atoms with Gasteiger partial charge in [-0.2, -0.15) is 0 Å². The molecular weight excluding hydrogens is 300 g/mol. The first kappa shape index (κ1) is 17.5. The highest BCUT2D eigenvalue weighted by atomic mass is 28.4. The Kier molecular flexibility index (Phi) is 4.02. The van der Waals surface area contributed by atoms with Gasteiger partial charge in [0.1, 0.15) is 0 Å². The lowest BCUT2D eigenvalue weighted by Crippen LogP contribution is -2.41. The van der Waals surface area contributed by atoms with Gasteiger partial charge in [-0.05, 0) is 43.8 Å². The molecular formula is C16H28O5Si. The standard InChI is InChI=1S/C16H28O5Si/c1-7-20-13(19)16(12(17)18)10-15(16)8-11(15)9-21-22(5,6)14(2,3)4/h11H,7-10H2,1-6H3,(H,17,18)/t11-,15+,16-/m1/s1. The van der Waals surface area contributed by atoms with Crippen LogP contribution < -0.4 is 0 Å². The van der Waals surface area contributed by atoms with Crippen LogP contribution in [0.5, 0.6) is 0 Å². The van der Waals surface area contributed by atoms with Crippen molar-refractivity contribution in [2.75, 3.05) is 13.2 Å². The number of carboxylic acids is 1. The van der Waals surface area contributed by atoms with E-state index in [0.29, 0.717) is 13.0 Å². The average Bonchev–Trinajstić information content (AvgIpc) is 3.24. The van der Waals surface area contributed by atoms with Crippen molar-refractivity contribution in [3.05, 3.63) is 0 Å². The van der Waals surface area contributed by atoms with Crippen LogP contribution >= 0.6 is 0 Å². The van der Waals surface area contributed by atoms with Crippen LogP contribution in [0.15, 0.2) is 0 Å². The van der Waals surface area contributed by atoms with Crippen LogP contribution in [-0.2, 0) is 18.8 Å². The Morgan fingerprint density at radius 3 is 2.36 bits per heavy atom. The summed E-state index contributed by atoms with van der Waals surface area (Å²) in [7, 11) is -1.84. The van der Waals surface area contributed by atoms with Crippen molar-refractivity contribution in [2.45, 2.75) is 58.7 Å². The molecule has 0 radical (unpaired) electrons. The van der Waals surface area contributed by atoms with Crippen LogP contribution in [0.25, 0.3) is 0 Å². The van der Waals surface area contributed by atoms with E-state index in [0.717, 1.165) is 6.42 Å². The number of hydrogen-bond acceptors (Lipinski definition) is 4. The van der Waals surface area contributed by atoms with E-state index in [-0.39, 0.29) is 17.6 Å². The van der Waals surface area contributed by atoms with Gasteiger partial charge in [0.15, 0.2) is 13.7 Å². The lowest BCUT2D eigenvalue weighted by molar-refractivity contribution is -0.162. The molecule has 6 heteroatoms. The number of carboxylic acid groups (broad SMARTS) is 1. The molecule has 0 unspecified atom stereocenters. The molecule has 0 aliphatic heterocycles. The Balaban J connectivity index is 2.01. The van der Waals surface area contributed by atoms with Gasteiger partial charge in [0.05, 0.1) is 6.61 Å². The summed E-state index contributed by atoms with van der Waals surface area (Å²) in [6.07, 6.45) is 1.16. The molecule has 2 rings (SSSR count). The van der Waals surface area contributed by atoms with Gasteiger partial charge in [0.2, 0.25) is 0 Å². The maximum Gasteiger partial charge on any atom is 0.324 e. The number of carbonyl (C=O) groups is 2. The van der Waals surface area contributed by atoms with Gasteiger partial charge < -0.3 is 14.3 Å². The second-order valence-corrected chi connectivity index (χ2v) is 13.0. The molecule has 2 aliphatic rings. The Labute approximate surface area is 133 Å². The molecule has 0 saturated heterocycles. The number of esters is 1. The van der Waals surface area contributed by atoms with Crippen LogP contribution in [0.2, 0.25) is 18.1 Å². The molecule has 3 atom stereocenters. The summed E-state index contributed by atoms with van der Waals surface area (Å²) < 4.78 is 11.2. The maximum absolute atomic E-state index is 12.1. The van der Waals surface area contributed by atoms with Gasteiger partial charge in [-0.1, -0.05) is 20.8 Å². The van der Waals surface area contributed by atoms with Crippen LogP contribution in [0.3, 0.4) is 0 Å². The van der Waals surface area contributed by atoms with Crippen molar-refractivity contribution in [3.8, 4) is 0 Å². The molecule has 22 heavy (non-hydrogen) atoms. The minimum Gasteiger partial charge on any atom is -0.480 e. The van der Waals surface area contributed by atoms with Crippen LogP contribution in [0, 0.1) is 16.7 Å². The van der Waals surface area contributed by atoms with E-state index in [9.17, 15) is 14.7 Å². The third-order valence-corrected chi connectivity index (χ3v) is 10.5. The lowest BCUT2D eigenvalue weighted by atomic mass is 10.0. The highest BCUT2D eigenvalue weighted by Crippen LogP contribution is 2.82. The molecule has 1 N–H and O–H groups in total. The molecule has 0 bridgehead atoms. The van der Waals surface area contributed by atoms with Gasteiger partial charge in [-0.15, -0.1) is 0 Å². The smallest absolute Gasteiger partial charge is 0.324 e. The second kappa shape index (κ2) is 5.06. The van der Waals surface area contributed by atoms with Gasteiger partial charge in [-0.3, -0.25) is 9.59 Å². The van der Waals surface area contributed by atoms with Crippen molar-refractivity contribution in [2.24, 2.45) is 16.7 Å². The fourth-order valence-electron chi connectivity index (χ4n) is 3.20. The van der Waals surface area contributed by atoms with Gasteiger partial charge >= 0.3 is 11.9 Å². The SMILES string of the molecule is CCOC(=O)[C@]1(C(=O)O)C[C@]12C[C@@H]2CO[Si](C)(C)C(C)(C)C. The Hall–Kier alpha value is -0.883. The molecule has 0 aromatic heterocycles. The number of rotatable bonds is 6. The monoisotopic (exact) mass is 328 g/mol. The third kappa shape index (κ3) is 2.40. The average molecular weight is 328 g/mol. The zero-order chi connectivity index (χ0) is 17.0. The Morgan fingerprint density at radius 2 is 1.91 bits per heavy atom. The molecule has 2 saturated carbocycles. The molecule has 2 fully saturated rings. The second-order valence-electron chi connectivity index (χ2n) is 8.24. The summed E-state index contributed by atoms with van der Waals surface area (Å²) >= 11 is 0. The zero-order valence-electron chi connectivity index (χ0n) is 14.5. The van der Waals surface area contributed by atoms with E-state index >= 15 is 0 Å². The predicted octanol–water partition coefficient (Wildman–Crippen LogP) is 3.05. The molecule has 0 heterocycles. The van der Waals surface area contributed by atoms with Crippen LogP contribution in [0.1, 0.15) is 40.5 Å². The minimum absolute atomic E-state index is 0.129. The molecule has 1 spiro atoms. The van der Waals surface area contributed by atoms with Crippen LogP contribution in [0.4, 0.5) is 0 Å². The van der Waals surface area contributed by atoms with E-state index in [1.54, 1.807) is 6.92 Å². The summed E-state index contributed by atoms with van der Waals surface area (Å²) in [6.45, 7) is 13.4. The summed E-state index contributed by atoms with van der Waals surface area (Å²) in [6, 6.07) is 0. The Morgan fingerprint density at radius 1 is 1.32 bits per heavy atom. The van der Waals surface area contributed by atoms with Crippen molar-refractivity contribution in [3.63, 3.8) is 0 Å². The normalized spacial score (nSPS) is 33.6. The number of hydrogen-bond donors (Lipinski definition) is 1. The van der Waals surface area contributed by atoms with Crippen molar-refractivity contribution >= 4 is 20.3 Å². The molecule has 0 amide bonds. The van der Waals surface area contributed by atoms with E-state index in [2.05, 4.69) is 33.9 Å². The molecule has 2 aliphatic carbocycles. The Bertz CT molecular complexity index is 495. The quantitative estimate of drug-likeness (QED) is 0.461.